The summed E-state index contributed by atoms with van der Waals surface area (Å²) in [5, 5.41) is 11.4. The van der Waals surface area contributed by atoms with Crippen LogP contribution in [0.15, 0.2) is 48.0 Å². The maximum absolute atomic E-state index is 13.3. The van der Waals surface area contributed by atoms with Gasteiger partial charge in [0.25, 0.3) is 11.7 Å². The highest BCUT2D eigenvalue weighted by Gasteiger charge is 2.46. The summed E-state index contributed by atoms with van der Waals surface area (Å²) in [4.78, 5) is 30.4. The maximum Gasteiger partial charge on any atom is 0.295 e. The van der Waals surface area contributed by atoms with Crippen molar-refractivity contribution >= 4 is 17.4 Å². The van der Waals surface area contributed by atoms with E-state index in [1.54, 1.807) is 30.2 Å². The first-order valence-corrected chi connectivity index (χ1v) is 12.5. The minimum absolute atomic E-state index is 0.0636. The number of rotatable bonds is 7. The largest absolute Gasteiger partial charge is 0.507 e. The number of amides is 1. The molecule has 0 radical (unpaired) electrons. The lowest BCUT2D eigenvalue weighted by atomic mass is 9.94. The number of morpholine rings is 1. The molecule has 190 valence electrons. The van der Waals surface area contributed by atoms with E-state index < -0.39 is 17.7 Å². The van der Waals surface area contributed by atoms with Gasteiger partial charge in [0.05, 0.1) is 31.9 Å². The number of nitrogens with zero attached hydrogens (tertiary/aromatic N) is 2. The average molecular weight is 493 g/mol. The molecule has 0 saturated carbocycles. The van der Waals surface area contributed by atoms with Crippen LogP contribution in [-0.2, 0) is 20.7 Å². The van der Waals surface area contributed by atoms with Gasteiger partial charge < -0.3 is 24.2 Å². The lowest BCUT2D eigenvalue weighted by Gasteiger charge is -2.29. The van der Waals surface area contributed by atoms with Crippen molar-refractivity contribution in [3.8, 4) is 11.5 Å². The number of aliphatic hydroxyl groups is 1. The molecular weight excluding hydrogens is 460 g/mol. The Morgan fingerprint density at radius 1 is 1.08 bits per heavy atom. The van der Waals surface area contributed by atoms with E-state index in [4.69, 9.17) is 14.2 Å². The topological polar surface area (TPSA) is 88.5 Å². The quantitative estimate of drug-likeness (QED) is 0.361. The molecule has 36 heavy (non-hydrogen) atoms. The maximum atomic E-state index is 13.3. The van der Waals surface area contributed by atoms with Crippen molar-refractivity contribution in [3.63, 3.8) is 0 Å². The Morgan fingerprint density at radius 2 is 1.83 bits per heavy atom. The van der Waals surface area contributed by atoms with E-state index in [0.29, 0.717) is 37.5 Å². The Hall–Kier alpha value is -3.36. The summed E-state index contributed by atoms with van der Waals surface area (Å²) < 4.78 is 16.5. The highest BCUT2D eigenvalue weighted by molar-refractivity contribution is 6.46. The third kappa shape index (κ3) is 4.70. The smallest absolute Gasteiger partial charge is 0.295 e. The molecule has 0 spiro atoms. The van der Waals surface area contributed by atoms with Gasteiger partial charge in [0.2, 0.25) is 0 Å². The average Bonchev–Trinajstić information content (AvgIpc) is 3.40. The predicted octanol–water partition coefficient (Wildman–Crippen LogP) is 3.16. The summed E-state index contributed by atoms with van der Waals surface area (Å²) >= 11 is 0. The molecule has 1 N–H and O–H groups in total. The number of aliphatic hydroxyl groups excluding tert-OH is 1. The monoisotopic (exact) mass is 492 g/mol. The minimum Gasteiger partial charge on any atom is -0.507 e. The fraction of sp³-hybridized carbons (Fsp3) is 0.429. The molecule has 0 aliphatic carbocycles. The number of benzene rings is 2. The van der Waals surface area contributed by atoms with Gasteiger partial charge in [-0.15, -0.1) is 0 Å². The van der Waals surface area contributed by atoms with E-state index in [-0.39, 0.29) is 17.4 Å². The molecule has 8 nitrogen and oxygen atoms in total. The van der Waals surface area contributed by atoms with Gasteiger partial charge in [-0.2, -0.15) is 0 Å². The molecule has 2 fully saturated rings. The van der Waals surface area contributed by atoms with E-state index >= 15 is 0 Å². The second-order valence-electron chi connectivity index (χ2n) is 9.53. The zero-order valence-corrected chi connectivity index (χ0v) is 20.7. The van der Waals surface area contributed by atoms with Crippen molar-refractivity contribution in [1.29, 1.82) is 0 Å². The molecule has 2 aromatic carbocycles. The molecule has 1 amide bonds. The van der Waals surface area contributed by atoms with E-state index in [1.807, 2.05) is 31.2 Å². The summed E-state index contributed by atoms with van der Waals surface area (Å²) in [5.74, 6) is 0.0551. The van der Waals surface area contributed by atoms with Crippen LogP contribution in [-0.4, -0.2) is 79.2 Å². The number of likely N-dealkylation sites (tertiary alicyclic amines) is 1. The van der Waals surface area contributed by atoms with Gasteiger partial charge in [0, 0.05) is 38.2 Å². The summed E-state index contributed by atoms with van der Waals surface area (Å²) in [6.45, 7) is 6.35. The molecule has 0 bridgehead atoms. The van der Waals surface area contributed by atoms with Crippen molar-refractivity contribution in [2.75, 3.05) is 46.5 Å². The molecule has 2 aromatic rings. The summed E-state index contributed by atoms with van der Waals surface area (Å²) in [6, 6.07) is 12.0. The number of ether oxygens (including phenoxy) is 3. The minimum atomic E-state index is -0.677. The van der Waals surface area contributed by atoms with Crippen LogP contribution in [0.2, 0.25) is 0 Å². The highest BCUT2D eigenvalue weighted by atomic mass is 16.5. The fourth-order valence-corrected chi connectivity index (χ4v) is 5.26. The Bertz CT molecular complexity index is 1170. The first-order valence-electron chi connectivity index (χ1n) is 12.5. The number of fused-ring (bicyclic) bond motifs is 1. The van der Waals surface area contributed by atoms with Crippen LogP contribution in [0.3, 0.4) is 0 Å². The molecule has 0 aromatic heterocycles. The first kappa shape index (κ1) is 24.3. The van der Waals surface area contributed by atoms with Gasteiger partial charge in [0.1, 0.15) is 23.4 Å². The summed E-state index contributed by atoms with van der Waals surface area (Å²) in [7, 11) is 1.59. The predicted molar refractivity (Wildman–Crippen MR) is 134 cm³/mol. The highest BCUT2D eigenvalue weighted by Crippen LogP contribution is 2.41. The Morgan fingerprint density at radius 3 is 2.56 bits per heavy atom. The van der Waals surface area contributed by atoms with Crippen LogP contribution in [0.25, 0.3) is 5.76 Å². The van der Waals surface area contributed by atoms with Gasteiger partial charge in [-0.1, -0.05) is 12.1 Å². The molecule has 8 heteroatoms. The number of ketones is 1. The van der Waals surface area contributed by atoms with Crippen molar-refractivity contribution < 1.29 is 28.9 Å². The third-order valence-corrected chi connectivity index (χ3v) is 7.12. The molecule has 3 aliphatic heterocycles. The van der Waals surface area contributed by atoms with E-state index in [1.165, 1.54) is 0 Å². The lowest BCUT2D eigenvalue weighted by Crippen LogP contribution is -2.38. The number of carbonyl (C=O) groups excluding carboxylic acids is 2. The standard InChI is InChI=1S/C28H32N2O6/c1-18-16-21-17-20(6-9-23(21)36-18)26(31)24-25(19-4-7-22(34-2)8-5-19)30(28(33)27(24)32)11-3-10-29-12-14-35-15-13-29/h4-9,17-18,25,31H,3,10-16H2,1-2H3/t18-,25-/m1/s1. The molecule has 3 aliphatic rings. The normalized spacial score (nSPS) is 23.6. The number of carbonyl (C=O) groups is 2. The molecule has 0 unspecified atom stereocenters. The fourth-order valence-electron chi connectivity index (χ4n) is 5.26. The van der Waals surface area contributed by atoms with Gasteiger partial charge >= 0.3 is 0 Å². The summed E-state index contributed by atoms with van der Waals surface area (Å²) in [5.41, 5.74) is 2.35. The Balaban J connectivity index is 1.48. The lowest BCUT2D eigenvalue weighted by molar-refractivity contribution is -0.140. The number of Topliss-reactive ketones (excluding diaryl/α,β-unsaturated/α-hetero) is 1. The van der Waals surface area contributed by atoms with Gasteiger partial charge in [0.15, 0.2) is 0 Å². The number of hydrogen-bond donors (Lipinski definition) is 1. The van der Waals surface area contributed by atoms with E-state index in [0.717, 1.165) is 42.9 Å². The molecule has 2 atom stereocenters. The van der Waals surface area contributed by atoms with Crippen molar-refractivity contribution in [3.05, 3.63) is 64.7 Å². The number of hydrogen-bond acceptors (Lipinski definition) is 7. The third-order valence-electron chi connectivity index (χ3n) is 7.12. The number of methoxy groups -OCH3 is 1. The van der Waals surface area contributed by atoms with Crippen molar-refractivity contribution in [2.45, 2.75) is 31.9 Å². The van der Waals surface area contributed by atoms with Crippen molar-refractivity contribution in [1.82, 2.24) is 9.80 Å². The molecular formula is C28H32N2O6. The van der Waals surface area contributed by atoms with Crippen LogP contribution in [0.1, 0.15) is 36.1 Å². The molecule has 5 rings (SSSR count). The zero-order chi connectivity index (χ0) is 25.2. The second kappa shape index (κ2) is 10.3. The van der Waals surface area contributed by atoms with E-state index in [9.17, 15) is 14.7 Å². The summed E-state index contributed by atoms with van der Waals surface area (Å²) in [6.07, 6.45) is 1.51. The van der Waals surface area contributed by atoms with Crippen LogP contribution >= 0.6 is 0 Å². The van der Waals surface area contributed by atoms with Gasteiger partial charge in [-0.05, 0) is 54.8 Å². The van der Waals surface area contributed by atoms with Crippen molar-refractivity contribution in [2.24, 2.45) is 0 Å². The van der Waals surface area contributed by atoms with Crippen LogP contribution < -0.4 is 9.47 Å². The molecule has 2 saturated heterocycles. The second-order valence-corrected chi connectivity index (χ2v) is 9.53. The van der Waals surface area contributed by atoms with Crippen LogP contribution in [0, 0.1) is 0 Å². The molecule has 3 heterocycles. The zero-order valence-electron chi connectivity index (χ0n) is 20.7. The first-order chi connectivity index (χ1) is 17.5. The SMILES string of the molecule is COc1ccc([C@@H]2C(=C(O)c3ccc4c(c3)C[C@@H](C)O4)C(=O)C(=O)N2CCCN2CCOCC2)cc1. The Labute approximate surface area is 211 Å². The van der Waals surface area contributed by atoms with Crippen LogP contribution in [0.4, 0.5) is 0 Å². The van der Waals surface area contributed by atoms with E-state index in [2.05, 4.69) is 4.90 Å². The van der Waals surface area contributed by atoms with Gasteiger partial charge in [-0.25, -0.2) is 0 Å². The van der Waals surface area contributed by atoms with Crippen LogP contribution in [0.5, 0.6) is 11.5 Å². The Kier molecular flexibility index (Phi) is 6.98. The van der Waals surface area contributed by atoms with Gasteiger partial charge in [-0.3, -0.25) is 14.5 Å².